The molecule has 3 N–H and O–H groups in total. The predicted molar refractivity (Wildman–Crippen MR) is 69.3 cm³/mol. The van der Waals surface area contributed by atoms with E-state index in [0.29, 0.717) is 5.82 Å². The van der Waals surface area contributed by atoms with E-state index in [9.17, 15) is 4.79 Å². The summed E-state index contributed by atoms with van der Waals surface area (Å²) in [5.74, 6) is -0.0200. The van der Waals surface area contributed by atoms with Crippen LogP contribution in [0.25, 0.3) is 0 Å². The van der Waals surface area contributed by atoms with Crippen LogP contribution in [-0.4, -0.2) is 21.1 Å². The maximum atomic E-state index is 10.9. The molecular formula is C11H13N5OS. The number of nitrogens with one attached hydrogen (secondary N) is 1. The number of carbonyl (C=O) groups excluding carboxylic acids is 1. The molecule has 6 nitrogen and oxygen atoms in total. The molecule has 0 aromatic carbocycles. The molecule has 0 saturated heterocycles. The number of hydrogen-bond acceptors (Lipinski definition) is 6. The van der Waals surface area contributed by atoms with E-state index < -0.39 is 5.91 Å². The Hall–Kier alpha value is -2.02. The Labute approximate surface area is 108 Å². The van der Waals surface area contributed by atoms with Crippen LogP contribution in [0.1, 0.15) is 29.3 Å². The summed E-state index contributed by atoms with van der Waals surface area (Å²) in [5, 5.41) is 13.7. The molecular weight excluding hydrogens is 250 g/mol. The van der Waals surface area contributed by atoms with E-state index in [0.717, 1.165) is 5.01 Å². The van der Waals surface area contributed by atoms with Gasteiger partial charge in [-0.25, -0.2) is 4.98 Å². The van der Waals surface area contributed by atoms with Gasteiger partial charge in [0, 0.05) is 11.6 Å². The minimum atomic E-state index is -0.590. The van der Waals surface area contributed by atoms with Gasteiger partial charge in [-0.05, 0) is 26.0 Å². The number of hydrogen-bond donors (Lipinski definition) is 2. The minimum absolute atomic E-state index is 0.146. The van der Waals surface area contributed by atoms with Crippen molar-refractivity contribution in [2.24, 2.45) is 5.73 Å². The summed E-state index contributed by atoms with van der Waals surface area (Å²) < 4.78 is 0. The highest BCUT2D eigenvalue weighted by Crippen LogP contribution is 2.25. The van der Waals surface area contributed by atoms with Crippen LogP contribution in [0.2, 0.25) is 0 Å². The molecule has 2 heterocycles. The number of nitrogens with two attached hydrogens (primary N) is 1. The van der Waals surface area contributed by atoms with E-state index in [1.165, 1.54) is 6.07 Å². The quantitative estimate of drug-likeness (QED) is 0.869. The van der Waals surface area contributed by atoms with Gasteiger partial charge in [0.25, 0.3) is 5.91 Å². The van der Waals surface area contributed by atoms with Crippen LogP contribution in [0.4, 0.5) is 5.82 Å². The predicted octanol–water partition coefficient (Wildman–Crippen LogP) is 1.38. The van der Waals surface area contributed by atoms with Gasteiger partial charge in [0.15, 0.2) is 5.69 Å². The van der Waals surface area contributed by atoms with Gasteiger partial charge in [-0.15, -0.1) is 21.5 Å². The zero-order chi connectivity index (χ0) is 13.2. The van der Waals surface area contributed by atoms with Gasteiger partial charge < -0.3 is 11.1 Å². The van der Waals surface area contributed by atoms with Crippen LogP contribution in [0.3, 0.4) is 0 Å². The summed E-state index contributed by atoms with van der Waals surface area (Å²) in [6, 6.07) is 3.21. The molecule has 0 atom stereocenters. The second kappa shape index (κ2) is 4.69. The fourth-order valence-corrected chi connectivity index (χ4v) is 2.15. The molecule has 2 aromatic rings. The van der Waals surface area contributed by atoms with Crippen molar-refractivity contribution in [1.29, 1.82) is 0 Å². The standard InChI is InChI=1S/C11H13N5OS/c1-11(2,10-13-5-6-18-10)14-8-4-3-7(9(12)17)15-16-8/h3-6H,1-2H3,(H2,12,17)(H,14,16). The Morgan fingerprint density at radius 2 is 2.17 bits per heavy atom. The van der Waals surface area contributed by atoms with Crippen molar-refractivity contribution in [1.82, 2.24) is 15.2 Å². The van der Waals surface area contributed by atoms with Crippen LogP contribution >= 0.6 is 11.3 Å². The molecule has 0 saturated carbocycles. The number of carbonyl (C=O) groups is 1. The Morgan fingerprint density at radius 1 is 1.39 bits per heavy atom. The molecule has 1 amide bonds. The van der Waals surface area contributed by atoms with Gasteiger partial charge in [0.1, 0.15) is 10.8 Å². The van der Waals surface area contributed by atoms with Gasteiger partial charge in [0.2, 0.25) is 0 Å². The summed E-state index contributed by atoms with van der Waals surface area (Å²) in [5.41, 5.74) is 4.89. The molecule has 94 valence electrons. The first-order chi connectivity index (χ1) is 8.49. The summed E-state index contributed by atoms with van der Waals surface area (Å²) in [4.78, 5) is 15.1. The summed E-state index contributed by atoms with van der Waals surface area (Å²) in [7, 11) is 0. The second-order valence-electron chi connectivity index (χ2n) is 4.26. The molecule has 7 heteroatoms. The number of nitrogens with zero attached hydrogens (tertiary/aromatic N) is 3. The van der Waals surface area contributed by atoms with Gasteiger partial charge in [0.05, 0.1) is 5.54 Å². The monoisotopic (exact) mass is 263 g/mol. The first-order valence-electron chi connectivity index (χ1n) is 5.31. The number of rotatable bonds is 4. The Bertz CT molecular complexity index is 535. The van der Waals surface area contributed by atoms with Gasteiger partial charge >= 0.3 is 0 Å². The third-order valence-corrected chi connectivity index (χ3v) is 3.42. The number of aromatic nitrogens is 3. The van der Waals surface area contributed by atoms with Gasteiger partial charge in [-0.2, -0.15) is 0 Å². The summed E-state index contributed by atoms with van der Waals surface area (Å²) >= 11 is 1.56. The Balaban J connectivity index is 2.16. The van der Waals surface area contributed by atoms with E-state index in [-0.39, 0.29) is 11.2 Å². The third-order valence-electron chi connectivity index (χ3n) is 2.32. The molecule has 18 heavy (non-hydrogen) atoms. The summed E-state index contributed by atoms with van der Waals surface area (Å²) in [6.45, 7) is 3.99. The molecule has 0 spiro atoms. The molecule has 0 unspecified atom stereocenters. The summed E-state index contributed by atoms with van der Waals surface area (Å²) in [6.07, 6.45) is 1.76. The number of anilines is 1. The molecule has 0 radical (unpaired) electrons. The zero-order valence-corrected chi connectivity index (χ0v) is 10.9. The van der Waals surface area contributed by atoms with E-state index in [4.69, 9.17) is 5.73 Å². The van der Waals surface area contributed by atoms with Crippen LogP contribution in [0, 0.1) is 0 Å². The first-order valence-corrected chi connectivity index (χ1v) is 6.19. The SMILES string of the molecule is CC(C)(Nc1ccc(C(N)=O)nn1)c1nccs1. The topological polar surface area (TPSA) is 93.8 Å². The average Bonchev–Trinajstić information content (AvgIpc) is 2.83. The van der Waals surface area contributed by atoms with Crippen molar-refractivity contribution < 1.29 is 4.79 Å². The smallest absolute Gasteiger partial charge is 0.269 e. The van der Waals surface area contributed by atoms with Crippen LogP contribution in [0.5, 0.6) is 0 Å². The largest absolute Gasteiger partial charge is 0.364 e. The molecule has 0 fully saturated rings. The van der Waals surface area contributed by atoms with Crippen molar-refractivity contribution in [3.8, 4) is 0 Å². The van der Waals surface area contributed by atoms with Gasteiger partial charge in [-0.3, -0.25) is 4.79 Å². The van der Waals surface area contributed by atoms with Crippen molar-refractivity contribution in [2.45, 2.75) is 19.4 Å². The molecule has 0 aliphatic heterocycles. The van der Waals surface area contributed by atoms with E-state index in [1.807, 2.05) is 19.2 Å². The van der Waals surface area contributed by atoms with E-state index in [1.54, 1.807) is 23.6 Å². The van der Waals surface area contributed by atoms with Crippen LogP contribution in [0.15, 0.2) is 23.7 Å². The average molecular weight is 263 g/mol. The second-order valence-corrected chi connectivity index (χ2v) is 5.15. The van der Waals surface area contributed by atoms with Crippen LogP contribution in [-0.2, 0) is 5.54 Å². The highest BCUT2D eigenvalue weighted by molar-refractivity contribution is 7.09. The van der Waals surface area contributed by atoms with Gasteiger partial charge in [-0.1, -0.05) is 0 Å². The lowest BCUT2D eigenvalue weighted by atomic mass is 10.1. The molecule has 2 aromatic heterocycles. The number of amides is 1. The lowest BCUT2D eigenvalue weighted by Crippen LogP contribution is -2.28. The molecule has 0 aliphatic carbocycles. The zero-order valence-electron chi connectivity index (χ0n) is 10.0. The lowest BCUT2D eigenvalue weighted by molar-refractivity contribution is 0.0994. The van der Waals surface area contributed by atoms with Crippen molar-refractivity contribution >= 4 is 23.1 Å². The fourth-order valence-electron chi connectivity index (χ4n) is 1.44. The van der Waals surface area contributed by atoms with E-state index in [2.05, 4.69) is 20.5 Å². The third kappa shape index (κ3) is 2.62. The molecule has 2 rings (SSSR count). The van der Waals surface area contributed by atoms with E-state index >= 15 is 0 Å². The maximum absolute atomic E-state index is 10.9. The fraction of sp³-hybridized carbons (Fsp3) is 0.273. The number of primary amides is 1. The van der Waals surface area contributed by atoms with Crippen molar-refractivity contribution in [3.05, 3.63) is 34.4 Å². The Kier molecular flexibility index (Phi) is 3.24. The lowest BCUT2D eigenvalue weighted by Gasteiger charge is -2.24. The first kappa shape index (κ1) is 12.4. The highest BCUT2D eigenvalue weighted by atomic mass is 32.1. The maximum Gasteiger partial charge on any atom is 0.269 e. The molecule has 0 aliphatic rings. The van der Waals surface area contributed by atoms with Crippen molar-refractivity contribution in [3.63, 3.8) is 0 Å². The highest BCUT2D eigenvalue weighted by Gasteiger charge is 2.23. The van der Waals surface area contributed by atoms with Crippen molar-refractivity contribution in [2.75, 3.05) is 5.32 Å². The minimum Gasteiger partial charge on any atom is -0.364 e. The molecule has 0 bridgehead atoms. The normalized spacial score (nSPS) is 11.2. The number of thiazole rings is 1. The Morgan fingerprint density at radius 3 is 2.67 bits per heavy atom. The van der Waals surface area contributed by atoms with Crippen LogP contribution < -0.4 is 11.1 Å².